The van der Waals surface area contributed by atoms with Crippen LogP contribution in [-0.2, 0) is 6.42 Å². The Balaban J connectivity index is 1.71. The van der Waals surface area contributed by atoms with Crippen molar-refractivity contribution in [3.05, 3.63) is 101 Å². The quantitative estimate of drug-likeness (QED) is 0.668. The molecule has 0 fully saturated rings. The van der Waals surface area contributed by atoms with Crippen molar-refractivity contribution in [2.45, 2.75) is 19.4 Å². The van der Waals surface area contributed by atoms with Crippen molar-refractivity contribution < 1.29 is 14.0 Å². The molecule has 3 aromatic rings. The lowest BCUT2D eigenvalue weighted by molar-refractivity contribution is 0.0941. The maximum absolute atomic E-state index is 13.8. The van der Waals surface area contributed by atoms with Gasteiger partial charge in [-0.25, -0.2) is 4.39 Å². The van der Waals surface area contributed by atoms with Crippen LogP contribution in [0.15, 0.2) is 78.9 Å². The van der Waals surface area contributed by atoms with Crippen LogP contribution in [0.4, 0.5) is 10.1 Å². The van der Waals surface area contributed by atoms with Gasteiger partial charge < -0.3 is 10.6 Å². The molecular weight excluding hydrogens is 355 g/mol. The highest BCUT2D eigenvalue weighted by molar-refractivity contribution is 6.09. The van der Waals surface area contributed by atoms with Gasteiger partial charge in [0.15, 0.2) is 0 Å². The van der Waals surface area contributed by atoms with Crippen molar-refractivity contribution in [3.8, 4) is 0 Å². The van der Waals surface area contributed by atoms with Crippen LogP contribution in [0.3, 0.4) is 0 Å². The molecule has 0 spiro atoms. The maximum Gasteiger partial charge on any atom is 0.258 e. The number of hydrogen-bond donors (Lipinski definition) is 2. The highest BCUT2D eigenvalue weighted by atomic mass is 19.1. The summed E-state index contributed by atoms with van der Waals surface area (Å²) in [5.41, 5.74) is 1.71. The molecule has 1 atom stereocenters. The van der Waals surface area contributed by atoms with Gasteiger partial charge in [0.1, 0.15) is 5.82 Å². The molecule has 0 aromatic heterocycles. The Kier molecular flexibility index (Phi) is 6.17. The minimum atomic E-state index is -0.613. The molecule has 0 aliphatic carbocycles. The molecule has 0 radical (unpaired) electrons. The van der Waals surface area contributed by atoms with Gasteiger partial charge in [0.05, 0.1) is 16.8 Å². The first-order valence-corrected chi connectivity index (χ1v) is 9.04. The molecule has 4 nitrogen and oxygen atoms in total. The summed E-state index contributed by atoms with van der Waals surface area (Å²) in [6, 6.07) is 22.2. The first kappa shape index (κ1) is 19.3. The second kappa shape index (κ2) is 8.95. The second-order valence-electron chi connectivity index (χ2n) is 6.54. The highest BCUT2D eigenvalue weighted by Gasteiger charge is 2.17. The summed E-state index contributed by atoms with van der Waals surface area (Å²) in [7, 11) is 0. The normalized spacial score (nSPS) is 11.5. The fourth-order valence-corrected chi connectivity index (χ4v) is 2.95. The van der Waals surface area contributed by atoms with Crippen LogP contribution in [-0.4, -0.2) is 17.9 Å². The van der Waals surface area contributed by atoms with Crippen molar-refractivity contribution in [2.75, 3.05) is 5.32 Å². The van der Waals surface area contributed by atoms with Crippen molar-refractivity contribution in [2.24, 2.45) is 0 Å². The lowest BCUT2D eigenvalue weighted by Crippen LogP contribution is -2.34. The van der Waals surface area contributed by atoms with E-state index in [0.29, 0.717) is 17.7 Å². The zero-order valence-corrected chi connectivity index (χ0v) is 15.5. The largest absolute Gasteiger partial charge is 0.349 e. The third-order valence-corrected chi connectivity index (χ3v) is 4.30. The van der Waals surface area contributed by atoms with Crippen LogP contribution in [0.5, 0.6) is 0 Å². The lowest BCUT2D eigenvalue weighted by Gasteiger charge is -2.16. The predicted molar refractivity (Wildman–Crippen MR) is 108 cm³/mol. The smallest absolute Gasteiger partial charge is 0.258 e. The van der Waals surface area contributed by atoms with Crippen molar-refractivity contribution in [1.82, 2.24) is 5.32 Å². The van der Waals surface area contributed by atoms with Crippen LogP contribution in [0, 0.1) is 5.82 Å². The van der Waals surface area contributed by atoms with Crippen LogP contribution in [0.1, 0.15) is 33.2 Å². The minimum Gasteiger partial charge on any atom is -0.349 e. The maximum atomic E-state index is 13.8. The van der Waals surface area contributed by atoms with E-state index in [-0.39, 0.29) is 17.5 Å². The minimum absolute atomic E-state index is 0.0739. The Bertz CT molecular complexity index is 973. The average molecular weight is 376 g/mol. The summed E-state index contributed by atoms with van der Waals surface area (Å²) < 4.78 is 13.8. The molecule has 28 heavy (non-hydrogen) atoms. The van der Waals surface area contributed by atoms with Gasteiger partial charge in [-0.15, -0.1) is 0 Å². The van der Waals surface area contributed by atoms with Gasteiger partial charge >= 0.3 is 0 Å². The molecule has 3 aromatic carbocycles. The molecule has 3 rings (SSSR count). The van der Waals surface area contributed by atoms with Crippen LogP contribution < -0.4 is 10.6 Å². The molecule has 5 heteroatoms. The van der Waals surface area contributed by atoms with Gasteiger partial charge in [-0.05, 0) is 43.2 Å². The summed E-state index contributed by atoms with van der Waals surface area (Å²) in [6.07, 6.45) is 0.691. The molecule has 0 saturated carbocycles. The topological polar surface area (TPSA) is 58.2 Å². The summed E-state index contributed by atoms with van der Waals surface area (Å²) in [5, 5.41) is 5.58. The highest BCUT2D eigenvalue weighted by Crippen LogP contribution is 2.18. The standard InChI is InChI=1S/C23H21FN2O2/c1-16(15-17-9-3-2-4-10-17)25-23(28)19-12-6-8-14-21(19)26-22(27)18-11-5-7-13-20(18)24/h2-14,16H,15H2,1H3,(H,25,28)(H,26,27). The molecule has 0 heterocycles. The van der Waals surface area contributed by atoms with Crippen LogP contribution >= 0.6 is 0 Å². The number of nitrogens with one attached hydrogen (secondary N) is 2. The number of hydrogen-bond acceptors (Lipinski definition) is 2. The Morgan fingerprint density at radius 2 is 1.43 bits per heavy atom. The average Bonchev–Trinajstić information content (AvgIpc) is 2.69. The number of rotatable bonds is 6. The van der Waals surface area contributed by atoms with Gasteiger partial charge in [-0.1, -0.05) is 54.6 Å². The van der Waals surface area contributed by atoms with Crippen LogP contribution in [0.25, 0.3) is 0 Å². The van der Waals surface area contributed by atoms with Gasteiger partial charge in [0, 0.05) is 6.04 Å². The van der Waals surface area contributed by atoms with Crippen molar-refractivity contribution in [1.29, 1.82) is 0 Å². The zero-order chi connectivity index (χ0) is 19.9. The first-order valence-electron chi connectivity index (χ1n) is 9.04. The summed E-state index contributed by atoms with van der Waals surface area (Å²) in [5.74, 6) is -1.51. The molecule has 0 bridgehead atoms. The number of anilines is 1. The van der Waals surface area contributed by atoms with E-state index < -0.39 is 11.7 Å². The monoisotopic (exact) mass is 376 g/mol. The van der Waals surface area contributed by atoms with Gasteiger partial charge in [-0.3, -0.25) is 9.59 Å². The van der Waals surface area contributed by atoms with E-state index in [4.69, 9.17) is 0 Å². The third kappa shape index (κ3) is 4.82. The van der Waals surface area contributed by atoms with E-state index in [9.17, 15) is 14.0 Å². The SMILES string of the molecule is CC(Cc1ccccc1)NC(=O)c1ccccc1NC(=O)c1ccccc1F. The number of para-hydroxylation sites is 1. The summed E-state index contributed by atoms with van der Waals surface area (Å²) in [6.45, 7) is 1.92. The van der Waals surface area contributed by atoms with Gasteiger partial charge in [0.2, 0.25) is 0 Å². The summed E-state index contributed by atoms with van der Waals surface area (Å²) >= 11 is 0. The molecule has 0 saturated heterocycles. The van der Waals surface area contributed by atoms with E-state index in [1.54, 1.807) is 30.3 Å². The Hall–Kier alpha value is -3.47. The Morgan fingerprint density at radius 3 is 2.14 bits per heavy atom. The number of carbonyl (C=O) groups is 2. The Labute approximate surface area is 163 Å². The van der Waals surface area contributed by atoms with Gasteiger partial charge in [-0.2, -0.15) is 0 Å². The first-order chi connectivity index (χ1) is 13.5. The molecule has 2 amide bonds. The van der Waals surface area contributed by atoms with Crippen molar-refractivity contribution in [3.63, 3.8) is 0 Å². The zero-order valence-electron chi connectivity index (χ0n) is 15.5. The molecule has 0 aliphatic rings. The number of benzene rings is 3. The third-order valence-electron chi connectivity index (χ3n) is 4.30. The fraction of sp³-hybridized carbons (Fsp3) is 0.130. The molecular formula is C23H21FN2O2. The summed E-state index contributed by atoms with van der Waals surface area (Å²) in [4.78, 5) is 25.1. The van der Waals surface area contributed by atoms with E-state index in [0.717, 1.165) is 5.56 Å². The Morgan fingerprint density at radius 1 is 0.821 bits per heavy atom. The van der Waals surface area contributed by atoms with E-state index in [2.05, 4.69) is 10.6 Å². The second-order valence-corrected chi connectivity index (χ2v) is 6.54. The fourth-order valence-electron chi connectivity index (χ4n) is 2.95. The van der Waals surface area contributed by atoms with E-state index in [1.165, 1.54) is 18.2 Å². The number of amides is 2. The number of halogens is 1. The number of carbonyl (C=O) groups excluding carboxylic acids is 2. The van der Waals surface area contributed by atoms with Crippen LogP contribution in [0.2, 0.25) is 0 Å². The lowest BCUT2D eigenvalue weighted by atomic mass is 10.1. The predicted octanol–water partition coefficient (Wildman–Crippen LogP) is 4.44. The van der Waals surface area contributed by atoms with Gasteiger partial charge in [0.25, 0.3) is 11.8 Å². The van der Waals surface area contributed by atoms with E-state index in [1.807, 2.05) is 37.3 Å². The molecule has 1 unspecified atom stereocenters. The van der Waals surface area contributed by atoms with Crippen molar-refractivity contribution >= 4 is 17.5 Å². The van der Waals surface area contributed by atoms with E-state index >= 15 is 0 Å². The molecule has 142 valence electrons. The molecule has 0 aliphatic heterocycles. The molecule has 2 N–H and O–H groups in total.